The fraction of sp³-hybridized carbons (Fsp3) is 0.333. The molecule has 0 unspecified atom stereocenters. The molecule has 112 valence electrons. The molecule has 1 amide bonds. The summed E-state index contributed by atoms with van der Waals surface area (Å²) in [5, 5.41) is 7.10. The average Bonchev–Trinajstić information content (AvgIpc) is 2.86. The summed E-state index contributed by atoms with van der Waals surface area (Å²) >= 11 is 3.34. The maximum Gasteiger partial charge on any atom is 0.229 e. The summed E-state index contributed by atoms with van der Waals surface area (Å²) in [5.41, 5.74) is 1.77. The van der Waals surface area contributed by atoms with Gasteiger partial charge in [0.25, 0.3) is 0 Å². The van der Waals surface area contributed by atoms with Crippen molar-refractivity contribution in [3.63, 3.8) is 0 Å². The van der Waals surface area contributed by atoms with Gasteiger partial charge in [-0.2, -0.15) is 5.10 Å². The Hall–Kier alpha value is -1.82. The highest BCUT2D eigenvalue weighted by atomic mass is 79.9. The van der Waals surface area contributed by atoms with Gasteiger partial charge in [0.2, 0.25) is 5.91 Å². The van der Waals surface area contributed by atoms with Gasteiger partial charge in [-0.1, -0.05) is 6.92 Å². The monoisotopic (exact) mass is 351 g/mol. The van der Waals surface area contributed by atoms with E-state index in [1.165, 1.54) is 0 Å². The molecule has 1 heterocycles. The Kier molecular flexibility index (Phi) is 5.01. The summed E-state index contributed by atoms with van der Waals surface area (Å²) in [6.45, 7) is 4.35. The SMILES string of the molecule is COc1ccc(NC(=O)[C@@H](C)Cn2cc(Br)cn2)c(C)c1. The first kappa shape index (κ1) is 15.6. The summed E-state index contributed by atoms with van der Waals surface area (Å²) in [6.07, 6.45) is 3.56. The first-order valence-electron chi connectivity index (χ1n) is 6.63. The van der Waals surface area contributed by atoms with Crippen molar-refractivity contribution in [3.8, 4) is 5.75 Å². The van der Waals surface area contributed by atoms with Crippen LogP contribution < -0.4 is 10.1 Å². The topological polar surface area (TPSA) is 56.1 Å². The normalized spacial score (nSPS) is 12.0. The molecule has 1 aromatic heterocycles. The first-order valence-corrected chi connectivity index (χ1v) is 7.42. The second-order valence-corrected chi connectivity index (χ2v) is 5.87. The largest absolute Gasteiger partial charge is 0.497 e. The predicted octanol–water partition coefficient (Wildman–Crippen LogP) is 3.24. The Morgan fingerprint density at radius 1 is 1.52 bits per heavy atom. The molecule has 1 N–H and O–H groups in total. The van der Waals surface area contributed by atoms with Crippen molar-refractivity contribution in [1.82, 2.24) is 9.78 Å². The number of amides is 1. The molecule has 0 saturated carbocycles. The number of benzene rings is 1. The molecule has 0 aliphatic heterocycles. The molecule has 1 aromatic carbocycles. The highest BCUT2D eigenvalue weighted by molar-refractivity contribution is 9.10. The number of nitrogens with one attached hydrogen (secondary N) is 1. The molecule has 6 heteroatoms. The number of carbonyl (C=O) groups excluding carboxylic acids is 1. The van der Waals surface area contributed by atoms with Crippen molar-refractivity contribution in [2.75, 3.05) is 12.4 Å². The van der Waals surface area contributed by atoms with Gasteiger partial charge in [-0.25, -0.2) is 0 Å². The van der Waals surface area contributed by atoms with Crippen LogP contribution >= 0.6 is 15.9 Å². The van der Waals surface area contributed by atoms with Gasteiger partial charge in [0, 0.05) is 11.9 Å². The van der Waals surface area contributed by atoms with Crippen molar-refractivity contribution in [3.05, 3.63) is 40.6 Å². The van der Waals surface area contributed by atoms with E-state index in [1.54, 1.807) is 18.0 Å². The minimum Gasteiger partial charge on any atom is -0.497 e. The summed E-state index contributed by atoms with van der Waals surface area (Å²) in [5.74, 6) is 0.563. The van der Waals surface area contributed by atoms with E-state index in [1.807, 2.05) is 38.2 Å². The zero-order valence-corrected chi connectivity index (χ0v) is 13.8. The standard InChI is InChI=1S/C15H18BrN3O2/c1-10-6-13(21-3)4-5-14(10)18-15(20)11(2)8-19-9-12(16)7-17-19/h4-7,9,11H,8H2,1-3H3,(H,18,20)/t11-/m0/s1. The van der Waals surface area contributed by atoms with E-state index in [4.69, 9.17) is 4.74 Å². The zero-order valence-electron chi connectivity index (χ0n) is 12.3. The van der Waals surface area contributed by atoms with E-state index < -0.39 is 0 Å². The molecule has 2 rings (SSSR count). The van der Waals surface area contributed by atoms with Crippen LogP contribution in [-0.2, 0) is 11.3 Å². The lowest BCUT2D eigenvalue weighted by Gasteiger charge is -2.14. The third-order valence-electron chi connectivity index (χ3n) is 3.20. The number of carbonyl (C=O) groups is 1. The Balaban J connectivity index is 2.00. The van der Waals surface area contributed by atoms with Crippen LogP contribution in [-0.4, -0.2) is 22.8 Å². The van der Waals surface area contributed by atoms with Gasteiger partial charge in [-0.05, 0) is 46.6 Å². The van der Waals surface area contributed by atoms with Crippen LogP contribution in [0.1, 0.15) is 12.5 Å². The van der Waals surface area contributed by atoms with E-state index in [0.717, 1.165) is 21.5 Å². The summed E-state index contributed by atoms with van der Waals surface area (Å²) in [7, 11) is 1.62. The lowest BCUT2D eigenvalue weighted by molar-refractivity contribution is -0.119. The molecule has 0 fully saturated rings. The summed E-state index contributed by atoms with van der Waals surface area (Å²) in [4.78, 5) is 12.2. The first-order chi connectivity index (χ1) is 9.99. The molecular formula is C15H18BrN3O2. The van der Waals surface area contributed by atoms with Crippen LogP contribution in [0.25, 0.3) is 0 Å². The molecule has 5 nitrogen and oxygen atoms in total. The fourth-order valence-electron chi connectivity index (χ4n) is 1.96. The number of hydrogen-bond acceptors (Lipinski definition) is 3. The third kappa shape index (κ3) is 4.07. The molecule has 0 aliphatic rings. The number of hydrogen-bond donors (Lipinski definition) is 1. The second kappa shape index (κ2) is 6.76. The second-order valence-electron chi connectivity index (χ2n) is 4.95. The molecular weight excluding hydrogens is 334 g/mol. The summed E-state index contributed by atoms with van der Waals surface area (Å²) < 4.78 is 7.80. The number of ether oxygens (including phenoxy) is 1. The van der Waals surface area contributed by atoms with Crippen molar-refractivity contribution in [2.45, 2.75) is 20.4 Å². The quantitative estimate of drug-likeness (QED) is 0.899. The third-order valence-corrected chi connectivity index (χ3v) is 3.61. The number of anilines is 1. The fourth-order valence-corrected chi connectivity index (χ4v) is 2.29. The van der Waals surface area contributed by atoms with Gasteiger partial charge in [-0.3, -0.25) is 9.48 Å². The van der Waals surface area contributed by atoms with Crippen LogP contribution in [0, 0.1) is 12.8 Å². The Morgan fingerprint density at radius 2 is 2.29 bits per heavy atom. The van der Waals surface area contributed by atoms with E-state index >= 15 is 0 Å². The van der Waals surface area contributed by atoms with Crippen molar-refractivity contribution >= 4 is 27.5 Å². The lowest BCUT2D eigenvalue weighted by atomic mass is 10.1. The van der Waals surface area contributed by atoms with Crippen LogP contribution in [0.4, 0.5) is 5.69 Å². The summed E-state index contributed by atoms with van der Waals surface area (Å²) in [6, 6.07) is 5.58. The van der Waals surface area contributed by atoms with Crippen LogP contribution in [0.5, 0.6) is 5.75 Å². The molecule has 2 aromatic rings. The van der Waals surface area contributed by atoms with E-state index in [-0.39, 0.29) is 11.8 Å². The van der Waals surface area contributed by atoms with Crippen LogP contribution in [0.2, 0.25) is 0 Å². The van der Waals surface area contributed by atoms with Crippen molar-refractivity contribution in [2.24, 2.45) is 5.92 Å². The van der Waals surface area contributed by atoms with Gasteiger partial charge < -0.3 is 10.1 Å². The van der Waals surface area contributed by atoms with Gasteiger partial charge in [0.15, 0.2) is 0 Å². The van der Waals surface area contributed by atoms with E-state index in [9.17, 15) is 4.79 Å². The molecule has 0 bridgehead atoms. The van der Waals surface area contributed by atoms with Crippen LogP contribution in [0.3, 0.4) is 0 Å². The predicted molar refractivity (Wildman–Crippen MR) is 85.5 cm³/mol. The Morgan fingerprint density at radius 3 is 2.86 bits per heavy atom. The van der Waals surface area contributed by atoms with Gasteiger partial charge >= 0.3 is 0 Å². The number of halogens is 1. The number of nitrogens with zero attached hydrogens (tertiary/aromatic N) is 2. The van der Waals surface area contributed by atoms with Gasteiger partial charge in [-0.15, -0.1) is 0 Å². The molecule has 0 radical (unpaired) electrons. The number of aromatic nitrogens is 2. The molecule has 0 saturated heterocycles. The smallest absolute Gasteiger partial charge is 0.229 e. The lowest BCUT2D eigenvalue weighted by Crippen LogP contribution is -2.25. The highest BCUT2D eigenvalue weighted by Gasteiger charge is 2.15. The maximum atomic E-state index is 12.2. The zero-order chi connectivity index (χ0) is 15.4. The minimum atomic E-state index is -0.182. The Bertz CT molecular complexity index is 640. The highest BCUT2D eigenvalue weighted by Crippen LogP contribution is 2.21. The van der Waals surface area contributed by atoms with E-state index in [0.29, 0.717) is 6.54 Å². The average molecular weight is 352 g/mol. The van der Waals surface area contributed by atoms with Gasteiger partial charge in [0.1, 0.15) is 5.75 Å². The molecule has 0 aliphatic carbocycles. The van der Waals surface area contributed by atoms with E-state index in [2.05, 4.69) is 26.3 Å². The number of rotatable bonds is 5. The number of methoxy groups -OCH3 is 1. The molecule has 0 spiro atoms. The van der Waals surface area contributed by atoms with Crippen LogP contribution in [0.15, 0.2) is 35.1 Å². The maximum absolute atomic E-state index is 12.2. The number of aryl methyl sites for hydroxylation is 1. The minimum absolute atomic E-state index is 0.0325. The van der Waals surface area contributed by atoms with Gasteiger partial charge in [0.05, 0.1) is 30.2 Å². The molecule has 1 atom stereocenters. The Labute approximate surface area is 132 Å². The van der Waals surface area contributed by atoms with Crippen molar-refractivity contribution < 1.29 is 9.53 Å². The molecule has 21 heavy (non-hydrogen) atoms. The van der Waals surface area contributed by atoms with Crippen molar-refractivity contribution in [1.29, 1.82) is 0 Å².